The van der Waals surface area contributed by atoms with Crippen LogP contribution in [0.3, 0.4) is 0 Å². The van der Waals surface area contributed by atoms with Crippen LogP contribution in [0.2, 0.25) is 0 Å². The van der Waals surface area contributed by atoms with Crippen LogP contribution in [-0.2, 0) is 10.0 Å². The first-order valence-electron chi connectivity index (χ1n) is 5.51. The Bertz CT molecular complexity index is 692. The number of nitro groups is 1. The minimum absolute atomic E-state index is 0.0791. The summed E-state index contributed by atoms with van der Waals surface area (Å²) in [4.78, 5) is 21.3. The molecule has 0 aliphatic rings. The van der Waals surface area contributed by atoms with Gasteiger partial charge in [-0.15, -0.1) is 0 Å². The Morgan fingerprint density at radius 2 is 1.95 bits per heavy atom. The van der Waals surface area contributed by atoms with E-state index in [1.165, 1.54) is 32.3 Å². The van der Waals surface area contributed by atoms with Crippen molar-refractivity contribution in [3.05, 3.63) is 40.0 Å². The Balaban J connectivity index is 3.97. The van der Waals surface area contributed by atoms with Crippen molar-refractivity contribution in [1.29, 1.82) is 0 Å². The number of hydrogen-bond acceptors (Lipinski definition) is 5. The number of benzene rings is 1. The van der Waals surface area contributed by atoms with Crippen molar-refractivity contribution in [2.24, 2.45) is 0 Å². The zero-order valence-electron chi connectivity index (χ0n) is 11.3. The van der Waals surface area contributed by atoms with Crippen LogP contribution < -0.4 is 0 Å². The average Bonchev–Trinajstić information content (AvgIpc) is 2.36. The van der Waals surface area contributed by atoms with E-state index in [-0.39, 0.29) is 11.1 Å². The molecule has 0 aromatic heterocycles. The van der Waals surface area contributed by atoms with Gasteiger partial charge < -0.3 is 0 Å². The molecule has 0 radical (unpaired) electrons. The summed E-state index contributed by atoms with van der Waals surface area (Å²) in [5.74, 6) is -0.581. The molecule has 1 aromatic rings. The van der Waals surface area contributed by atoms with Crippen LogP contribution in [0.1, 0.15) is 22.8 Å². The molecule has 0 heterocycles. The van der Waals surface area contributed by atoms with Gasteiger partial charge in [-0.25, -0.2) is 12.7 Å². The second kappa shape index (κ2) is 5.51. The Hall–Kier alpha value is -2.06. The monoisotopic (exact) mass is 298 g/mol. The molecule has 0 amide bonds. The molecule has 0 fully saturated rings. The summed E-state index contributed by atoms with van der Waals surface area (Å²) in [6, 6.07) is 2.55. The highest BCUT2D eigenvalue weighted by molar-refractivity contribution is 7.89. The molecule has 0 saturated heterocycles. The summed E-state index contributed by atoms with van der Waals surface area (Å²) < 4.78 is 25.4. The number of hydrogen-bond donors (Lipinski definition) is 0. The van der Waals surface area contributed by atoms with Crippen molar-refractivity contribution in [2.45, 2.75) is 11.8 Å². The van der Waals surface area contributed by atoms with E-state index < -0.39 is 31.3 Å². The molecule has 0 aliphatic carbocycles. The summed E-state index contributed by atoms with van der Waals surface area (Å²) in [5.41, 5.74) is -0.889. The second-order valence-electron chi connectivity index (χ2n) is 4.18. The molecule has 0 saturated carbocycles. The van der Waals surface area contributed by atoms with E-state index in [1.54, 1.807) is 0 Å². The highest BCUT2D eigenvalue weighted by Gasteiger charge is 2.34. The lowest BCUT2D eigenvalue weighted by Crippen LogP contribution is -2.24. The number of Topliss-reactive ketones (excluding diaryl/α,β-unsaturated/α-hetero) is 1. The highest BCUT2D eigenvalue weighted by Crippen LogP contribution is 2.33. The molecule has 108 valence electrons. The number of nitrogens with zero attached hydrogens (tertiary/aromatic N) is 2. The van der Waals surface area contributed by atoms with Gasteiger partial charge in [-0.3, -0.25) is 14.9 Å². The number of sulfonamides is 1. The van der Waals surface area contributed by atoms with Gasteiger partial charge in [0.05, 0.1) is 10.5 Å². The highest BCUT2D eigenvalue weighted by atomic mass is 32.2. The third-order valence-corrected chi connectivity index (χ3v) is 4.59. The molecular weight excluding hydrogens is 284 g/mol. The van der Waals surface area contributed by atoms with E-state index in [0.717, 1.165) is 11.2 Å². The lowest BCUT2D eigenvalue weighted by atomic mass is 10.1. The molecule has 7 nitrogen and oxygen atoms in total. The SMILES string of the molecule is C=Cc1ccc(C(C)=O)c([N+](=O)[O-])c1S(=O)(=O)N(C)C. The summed E-state index contributed by atoms with van der Waals surface area (Å²) >= 11 is 0. The number of rotatable bonds is 5. The largest absolute Gasteiger partial charge is 0.300 e. The van der Waals surface area contributed by atoms with Gasteiger partial charge >= 0.3 is 5.69 Å². The molecule has 20 heavy (non-hydrogen) atoms. The van der Waals surface area contributed by atoms with Crippen molar-refractivity contribution in [3.63, 3.8) is 0 Å². The van der Waals surface area contributed by atoms with Crippen LogP contribution in [-0.4, -0.2) is 37.5 Å². The van der Waals surface area contributed by atoms with E-state index in [9.17, 15) is 23.3 Å². The minimum Gasteiger partial charge on any atom is -0.294 e. The second-order valence-corrected chi connectivity index (χ2v) is 6.27. The van der Waals surface area contributed by atoms with Crippen LogP contribution in [0.25, 0.3) is 6.08 Å². The zero-order valence-corrected chi connectivity index (χ0v) is 12.1. The maximum Gasteiger partial charge on any atom is 0.300 e. The fourth-order valence-corrected chi connectivity index (χ4v) is 2.91. The van der Waals surface area contributed by atoms with Crippen LogP contribution in [0, 0.1) is 10.1 Å². The molecular formula is C12H14N2O5S. The fraction of sp³-hybridized carbons (Fsp3) is 0.250. The van der Waals surface area contributed by atoms with Crippen LogP contribution >= 0.6 is 0 Å². The van der Waals surface area contributed by atoms with E-state index in [2.05, 4.69) is 6.58 Å². The topological polar surface area (TPSA) is 97.6 Å². The number of carbonyl (C=O) groups is 1. The normalized spacial score (nSPS) is 11.4. The number of carbonyl (C=O) groups excluding carboxylic acids is 1. The molecule has 0 atom stereocenters. The Morgan fingerprint density at radius 1 is 1.40 bits per heavy atom. The summed E-state index contributed by atoms with van der Waals surface area (Å²) in [5, 5.41) is 11.2. The fourth-order valence-electron chi connectivity index (χ4n) is 1.67. The average molecular weight is 298 g/mol. The first kappa shape index (κ1) is 16.0. The van der Waals surface area contributed by atoms with Gasteiger partial charge in [-0.2, -0.15) is 0 Å². The zero-order chi connectivity index (χ0) is 15.7. The third-order valence-electron chi connectivity index (χ3n) is 2.68. The molecule has 0 N–H and O–H groups in total. The minimum atomic E-state index is -4.08. The van der Waals surface area contributed by atoms with Gasteiger partial charge in [0.1, 0.15) is 0 Å². The van der Waals surface area contributed by atoms with E-state index >= 15 is 0 Å². The van der Waals surface area contributed by atoms with Crippen LogP contribution in [0.4, 0.5) is 5.69 Å². The molecule has 0 aliphatic heterocycles. The van der Waals surface area contributed by atoms with Crippen molar-refractivity contribution < 1.29 is 18.1 Å². The van der Waals surface area contributed by atoms with Gasteiger partial charge in [0.15, 0.2) is 10.7 Å². The smallest absolute Gasteiger partial charge is 0.294 e. The predicted molar refractivity (Wildman–Crippen MR) is 74.1 cm³/mol. The predicted octanol–water partition coefficient (Wildman–Crippen LogP) is 1.69. The molecule has 0 bridgehead atoms. The van der Waals surface area contributed by atoms with Gasteiger partial charge in [0, 0.05) is 19.7 Å². The Kier molecular flexibility index (Phi) is 4.41. The van der Waals surface area contributed by atoms with Gasteiger partial charge in [-0.1, -0.05) is 18.7 Å². The molecule has 0 unspecified atom stereocenters. The van der Waals surface area contributed by atoms with Crippen molar-refractivity contribution in [2.75, 3.05) is 14.1 Å². The molecule has 0 spiro atoms. The molecule has 1 aromatic carbocycles. The Labute approximate surface area is 116 Å². The Morgan fingerprint density at radius 3 is 2.30 bits per heavy atom. The van der Waals surface area contributed by atoms with Crippen molar-refractivity contribution >= 4 is 27.6 Å². The molecule has 1 rings (SSSR count). The van der Waals surface area contributed by atoms with Crippen LogP contribution in [0.5, 0.6) is 0 Å². The quantitative estimate of drug-likeness (QED) is 0.468. The summed E-state index contributed by atoms with van der Waals surface area (Å²) in [6.45, 7) is 4.59. The van der Waals surface area contributed by atoms with Crippen molar-refractivity contribution in [3.8, 4) is 0 Å². The lowest BCUT2D eigenvalue weighted by molar-refractivity contribution is -0.388. The maximum absolute atomic E-state index is 12.3. The van der Waals surface area contributed by atoms with E-state index in [1.807, 2.05) is 0 Å². The summed E-state index contributed by atoms with van der Waals surface area (Å²) in [7, 11) is -1.57. The first-order valence-corrected chi connectivity index (χ1v) is 6.96. The van der Waals surface area contributed by atoms with Crippen LogP contribution in [0.15, 0.2) is 23.6 Å². The number of nitro benzene ring substituents is 1. The first-order chi connectivity index (χ1) is 9.14. The van der Waals surface area contributed by atoms with E-state index in [0.29, 0.717) is 0 Å². The van der Waals surface area contributed by atoms with Gasteiger partial charge in [0.2, 0.25) is 10.0 Å². The molecule has 8 heteroatoms. The van der Waals surface area contributed by atoms with Gasteiger partial charge in [-0.05, 0) is 13.0 Å². The number of ketones is 1. The third kappa shape index (κ3) is 2.61. The lowest BCUT2D eigenvalue weighted by Gasteiger charge is -2.15. The summed E-state index contributed by atoms with van der Waals surface area (Å²) in [6.07, 6.45) is 1.20. The standard InChI is InChI=1S/C12H14N2O5S/c1-5-9-6-7-10(8(2)15)11(14(16)17)12(9)20(18,19)13(3)4/h5-7H,1H2,2-4H3. The van der Waals surface area contributed by atoms with E-state index in [4.69, 9.17) is 0 Å². The maximum atomic E-state index is 12.3. The van der Waals surface area contributed by atoms with Crippen molar-refractivity contribution in [1.82, 2.24) is 4.31 Å². The van der Waals surface area contributed by atoms with Gasteiger partial charge in [0.25, 0.3) is 0 Å².